The fourth-order valence-electron chi connectivity index (χ4n) is 1.22. The van der Waals surface area contributed by atoms with Crippen LogP contribution >= 0.6 is 0 Å². The zero-order valence-corrected chi connectivity index (χ0v) is 7.81. The van der Waals surface area contributed by atoms with Gasteiger partial charge in [-0.25, -0.2) is 9.97 Å². The third-order valence-corrected chi connectivity index (χ3v) is 1.87. The number of benzene rings is 1. The van der Waals surface area contributed by atoms with Crippen LogP contribution in [0.4, 0.5) is 0 Å². The highest BCUT2D eigenvalue weighted by Crippen LogP contribution is 2.10. The zero-order chi connectivity index (χ0) is 9.80. The van der Waals surface area contributed by atoms with Gasteiger partial charge in [0.2, 0.25) is 0 Å². The second-order valence-electron chi connectivity index (χ2n) is 2.82. The van der Waals surface area contributed by atoms with Crippen molar-refractivity contribution in [1.29, 1.82) is 0 Å². The molecule has 4 heteroatoms. The summed E-state index contributed by atoms with van der Waals surface area (Å²) in [6.07, 6.45) is 5.09. The Labute approximate surface area is 81.7 Å². The molecule has 0 aliphatic heterocycles. The summed E-state index contributed by atoms with van der Waals surface area (Å²) in [5, 5.41) is 4.95. The van der Waals surface area contributed by atoms with Crippen LogP contribution in [0.15, 0.2) is 35.8 Å². The van der Waals surface area contributed by atoms with Crippen molar-refractivity contribution in [2.75, 3.05) is 7.05 Å². The lowest BCUT2D eigenvalue weighted by Crippen LogP contribution is -1.94. The van der Waals surface area contributed by atoms with Crippen molar-refractivity contribution in [3.63, 3.8) is 0 Å². The number of hydrogen-bond donors (Lipinski definition) is 1. The number of aromatic nitrogens is 2. The number of hydrogen-bond acceptors (Lipinski definition) is 4. The summed E-state index contributed by atoms with van der Waals surface area (Å²) >= 11 is 0. The minimum Gasteiger partial charge on any atom is -0.313 e. The molecule has 4 nitrogen and oxygen atoms in total. The van der Waals surface area contributed by atoms with E-state index in [0.29, 0.717) is 0 Å². The Morgan fingerprint density at radius 3 is 3.21 bits per heavy atom. The van der Waals surface area contributed by atoms with Gasteiger partial charge >= 0.3 is 0 Å². The molecule has 14 heavy (non-hydrogen) atoms. The predicted octanol–water partition coefficient (Wildman–Crippen LogP) is 1.18. The molecule has 0 saturated carbocycles. The third kappa shape index (κ3) is 1.69. The minimum absolute atomic E-state index is 0.946. The molecule has 0 spiro atoms. The van der Waals surface area contributed by atoms with Crippen LogP contribution < -0.4 is 5.43 Å². The normalized spacial score (nSPS) is 10.9. The van der Waals surface area contributed by atoms with Crippen LogP contribution in [0.3, 0.4) is 0 Å². The van der Waals surface area contributed by atoms with Gasteiger partial charge in [-0.15, -0.1) is 0 Å². The summed E-state index contributed by atoms with van der Waals surface area (Å²) < 4.78 is 0. The Hall–Kier alpha value is -1.97. The number of fused-ring (bicyclic) bond motifs is 1. The number of nitrogens with one attached hydrogen (secondary N) is 1. The Morgan fingerprint density at radius 1 is 1.43 bits per heavy atom. The van der Waals surface area contributed by atoms with E-state index in [1.807, 2.05) is 18.2 Å². The maximum absolute atomic E-state index is 4.13. The average Bonchev–Trinajstić information content (AvgIpc) is 2.26. The number of nitrogens with zero attached hydrogens (tertiary/aromatic N) is 3. The Morgan fingerprint density at radius 2 is 2.36 bits per heavy atom. The summed E-state index contributed by atoms with van der Waals surface area (Å²) in [4.78, 5) is 8.09. The van der Waals surface area contributed by atoms with Crippen molar-refractivity contribution >= 4 is 17.1 Å². The fraction of sp³-hybridized carbons (Fsp3) is 0.100. The highest BCUT2D eigenvalue weighted by Gasteiger charge is 1.94. The Kier molecular flexibility index (Phi) is 2.36. The molecule has 0 amide bonds. The van der Waals surface area contributed by atoms with E-state index in [4.69, 9.17) is 0 Å². The van der Waals surface area contributed by atoms with E-state index in [0.717, 1.165) is 16.5 Å². The predicted molar refractivity (Wildman–Crippen MR) is 56.2 cm³/mol. The molecular weight excluding hydrogens is 176 g/mol. The number of rotatable bonds is 2. The van der Waals surface area contributed by atoms with Gasteiger partial charge in [-0.1, -0.05) is 6.07 Å². The van der Waals surface area contributed by atoms with E-state index in [9.17, 15) is 0 Å². The van der Waals surface area contributed by atoms with Crippen LogP contribution in [-0.2, 0) is 0 Å². The van der Waals surface area contributed by atoms with Gasteiger partial charge in [-0.05, 0) is 17.7 Å². The van der Waals surface area contributed by atoms with Gasteiger partial charge in [0.25, 0.3) is 0 Å². The molecule has 0 bridgehead atoms. The molecule has 70 valence electrons. The Bertz CT molecular complexity index is 464. The molecule has 1 N–H and O–H groups in total. The van der Waals surface area contributed by atoms with E-state index in [1.54, 1.807) is 25.8 Å². The first-order chi connectivity index (χ1) is 6.90. The molecule has 0 atom stereocenters. The molecule has 0 radical (unpaired) electrons. The van der Waals surface area contributed by atoms with Crippen LogP contribution in [0.1, 0.15) is 5.56 Å². The molecule has 0 aliphatic carbocycles. The van der Waals surface area contributed by atoms with Crippen molar-refractivity contribution < 1.29 is 0 Å². The Balaban J connectivity index is 2.46. The van der Waals surface area contributed by atoms with Gasteiger partial charge in [0.1, 0.15) is 6.33 Å². The fourth-order valence-corrected chi connectivity index (χ4v) is 1.22. The van der Waals surface area contributed by atoms with Crippen LogP contribution in [0.25, 0.3) is 10.9 Å². The SMILES string of the molecule is CNN=Cc1ccc2ncncc2c1. The lowest BCUT2D eigenvalue weighted by molar-refractivity contribution is 0.908. The van der Waals surface area contributed by atoms with Gasteiger partial charge in [0, 0.05) is 18.6 Å². The van der Waals surface area contributed by atoms with Gasteiger partial charge in [-0.2, -0.15) is 5.10 Å². The van der Waals surface area contributed by atoms with Crippen molar-refractivity contribution in [2.24, 2.45) is 5.10 Å². The van der Waals surface area contributed by atoms with Gasteiger partial charge in [-0.3, -0.25) is 0 Å². The van der Waals surface area contributed by atoms with Crippen molar-refractivity contribution in [2.45, 2.75) is 0 Å². The van der Waals surface area contributed by atoms with Gasteiger partial charge < -0.3 is 5.43 Å². The smallest absolute Gasteiger partial charge is 0.116 e. The summed E-state index contributed by atoms with van der Waals surface area (Å²) in [7, 11) is 1.76. The summed E-state index contributed by atoms with van der Waals surface area (Å²) in [6, 6.07) is 5.92. The molecule has 2 aromatic rings. The maximum atomic E-state index is 4.13. The highest BCUT2D eigenvalue weighted by atomic mass is 15.3. The van der Waals surface area contributed by atoms with Gasteiger partial charge in [0.15, 0.2) is 0 Å². The molecule has 2 rings (SSSR count). The molecule has 1 heterocycles. The molecule has 0 unspecified atom stereocenters. The van der Waals surface area contributed by atoms with Crippen LogP contribution in [0.5, 0.6) is 0 Å². The molecule has 1 aromatic carbocycles. The molecule has 0 fully saturated rings. The highest BCUT2D eigenvalue weighted by molar-refractivity contribution is 5.87. The largest absolute Gasteiger partial charge is 0.313 e. The average molecular weight is 186 g/mol. The second kappa shape index (κ2) is 3.83. The van der Waals surface area contributed by atoms with Crippen LogP contribution in [-0.4, -0.2) is 23.2 Å². The van der Waals surface area contributed by atoms with E-state index in [-0.39, 0.29) is 0 Å². The summed E-state index contributed by atoms with van der Waals surface area (Å²) in [6.45, 7) is 0. The lowest BCUT2D eigenvalue weighted by atomic mass is 10.2. The lowest BCUT2D eigenvalue weighted by Gasteiger charge is -1.96. The van der Waals surface area contributed by atoms with Crippen LogP contribution in [0, 0.1) is 0 Å². The first-order valence-electron chi connectivity index (χ1n) is 4.30. The first kappa shape index (κ1) is 8.62. The van der Waals surface area contributed by atoms with Crippen molar-refractivity contribution in [3.8, 4) is 0 Å². The van der Waals surface area contributed by atoms with E-state index < -0.39 is 0 Å². The molecular formula is C10H10N4. The monoisotopic (exact) mass is 186 g/mol. The van der Waals surface area contributed by atoms with Gasteiger partial charge in [0.05, 0.1) is 11.7 Å². The molecule has 0 saturated heterocycles. The maximum Gasteiger partial charge on any atom is 0.116 e. The third-order valence-electron chi connectivity index (χ3n) is 1.87. The van der Waals surface area contributed by atoms with Crippen LogP contribution in [0.2, 0.25) is 0 Å². The van der Waals surface area contributed by atoms with Crippen molar-refractivity contribution in [3.05, 3.63) is 36.3 Å². The molecule has 0 aliphatic rings. The molecule has 1 aromatic heterocycles. The summed E-state index contributed by atoms with van der Waals surface area (Å²) in [5.74, 6) is 0. The first-order valence-corrected chi connectivity index (χ1v) is 4.30. The standard InChI is InChI=1S/C10H10N4/c1-11-14-5-8-2-3-10-9(4-8)6-12-7-13-10/h2-7,11H,1H3. The topological polar surface area (TPSA) is 50.2 Å². The zero-order valence-electron chi connectivity index (χ0n) is 7.81. The summed E-state index contributed by atoms with van der Waals surface area (Å²) in [5.41, 5.74) is 4.68. The van der Waals surface area contributed by atoms with E-state index in [2.05, 4.69) is 20.5 Å². The second-order valence-corrected chi connectivity index (χ2v) is 2.82. The van der Waals surface area contributed by atoms with E-state index >= 15 is 0 Å². The minimum atomic E-state index is 0.946. The van der Waals surface area contributed by atoms with Crippen molar-refractivity contribution in [1.82, 2.24) is 15.4 Å². The quantitative estimate of drug-likeness (QED) is 0.566. The van der Waals surface area contributed by atoms with E-state index in [1.165, 1.54) is 0 Å². The number of hydrazone groups is 1.